The second-order valence-electron chi connectivity index (χ2n) is 7.51. The largest absolute Gasteiger partial charge is 0.545 e. The minimum Gasteiger partial charge on any atom is -0.545 e. The molecule has 1 aliphatic carbocycles. The molecule has 0 aromatic heterocycles. The van der Waals surface area contributed by atoms with Crippen LogP contribution >= 0.6 is 0 Å². The predicted molar refractivity (Wildman–Crippen MR) is 134 cm³/mol. The molecule has 0 saturated carbocycles. The fraction of sp³-hybridized carbons (Fsp3) is 0.143. The van der Waals surface area contributed by atoms with Crippen LogP contribution in [-0.4, -0.2) is 32.1 Å². The molecule has 2 aromatic rings. The molecule has 1 heterocycles. The number of hydrogen-bond acceptors (Lipinski definition) is 7. The number of nitrogens with zero attached hydrogens (tertiary/aromatic N) is 1. The van der Waals surface area contributed by atoms with Crippen LogP contribution in [0.2, 0.25) is 0 Å². The molecule has 0 spiro atoms. The molecule has 35 heavy (non-hydrogen) atoms. The Balaban J connectivity index is 0.00000167. The average Bonchev–Trinajstić information content (AvgIpc) is 2.88. The van der Waals surface area contributed by atoms with E-state index in [1.165, 1.54) is 12.1 Å². The lowest BCUT2D eigenvalue weighted by molar-refractivity contribution is -0.254. The fourth-order valence-electron chi connectivity index (χ4n) is 3.96. The third kappa shape index (κ3) is 5.03. The lowest BCUT2D eigenvalue weighted by atomic mass is 9.89. The molecule has 1 aliphatic heterocycles. The first-order valence-electron chi connectivity index (χ1n) is 10.8. The van der Waals surface area contributed by atoms with E-state index >= 15 is 0 Å². The Labute approximate surface area is 203 Å². The number of benzene rings is 3. The normalized spacial score (nSPS) is 11.1. The highest BCUT2D eigenvalue weighted by atomic mass is 16.4. The van der Waals surface area contributed by atoms with Crippen LogP contribution < -0.4 is 15.8 Å². The van der Waals surface area contributed by atoms with Crippen molar-refractivity contribution in [3.05, 3.63) is 76.6 Å². The number of aromatic carboxylic acids is 1. The quantitative estimate of drug-likeness (QED) is 0.149. The van der Waals surface area contributed by atoms with Gasteiger partial charge in [0.2, 0.25) is 5.78 Å². The zero-order chi connectivity index (χ0) is 25.5. The van der Waals surface area contributed by atoms with Crippen LogP contribution in [0.15, 0.2) is 64.0 Å². The van der Waals surface area contributed by atoms with Gasteiger partial charge in [-0.2, -0.15) is 0 Å². The van der Waals surface area contributed by atoms with Crippen molar-refractivity contribution < 1.29 is 19.1 Å². The van der Waals surface area contributed by atoms with Gasteiger partial charge in [-0.05, 0) is 68.1 Å². The summed E-state index contributed by atoms with van der Waals surface area (Å²) in [7, 11) is 1.86. The molecule has 2 aromatic carbocycles. The number of carbonyl (C=O) groups excluding carboxylic acids is 2. The van der Waals surface area contributed by atoms with E-state index in [9.17, 15) is 14.7 Å². The summed E-state index contributed by atoms with van der Waals surface area (Å²) in [6.45, 7) is 5.72. The van der Waals surface area contributed by atoms with E-state index in [-0.39, 0.29) is 11.1 Å². The van der Waals surface area contributed by atoms with Gasteiger partial charge in [-0.15, -0.1) is 6.42 Å². The molecule has 0 fully saturated rings. The number of rotatable bonds is 6. The van der Waals surface area contributed by atoms with Crippen LogP contribution in [0.1, 0.15) is 33.2 Å². The summed E-state index contributed by atoms with van der Waals surface area (Å²) in [6.07, 6.45) is 5.22. The standard InChI is InChI=1S/C27H22N2O4.CH3N/c1-4-23(30)17-7-10-19(22(13-17)27(31)32)26-20-9-6-16(15-28-3)12-24(20)33-25-14-18(29-5-2)8-11-21(25)26;1-2/h1,6-14,28H,5,15H2,2-3H3,(H,31,32);2H,1H2/p-1. The van der Waals surface area contributed by atoms with Crippen molar-refractivity contribution in [3.8, 4) is 34.8 Å². The van der Waals surface area contributed by atoms with Crippen molar-refractivity contribution in [2.75, 3.05) is 13.6 Å². The van der Waals surface area contributed by atoms with Gasteiger partial charge in [-0.1, -0.05) is 18.2 Å². The summed E-state index contributed by atoms with van der Waals surface area (Å²) >= 11 is 0. The number of hydrogen-bond donors (Lipinski definition) is 2. The van der Waals surface area contributed by atoms with E-state index in [4.69, 9.17) is 16.2 Å². The SMILES string of the molecule is C#CC(=O)c1ccc(-c2c3ccc(=NCC)cc-3oc3cc(CNC)ccc23)c(C(=O)[O-])c1.C=N. The molecule has 4 rings (SSSR count). The number of nitrogens with one attached hydrogen (secondary N) is 2. The number of fused-ring (bicyclic) bond motifs is 2. The van der Waals surface area contributed by atoms with Crippen LogP contribution in [-0.2, 0) is 6.54 Å². The van der Waals surface area contributed by atoms with Crippen LogP contribution in [0.25, 0.3) is 33.4 Å². The summed E-state index contributed by atoms with van der Waals surface area (Å²) in [5, 5.41) is 22.2. The van der Waals surface area contributed by atoms with E-state index < -0.39 is 11.8 Å². The van der Waals surface area contributed by atoms with Gasteiger partial charge < -0.3 is 25.0 Å². The first kappa shape index (κ1) is 25.1. The molecule has 176 valence electrons. The second-order valence-corrected chi connectivity index (χ2v) is 7.51. The third-order valence-corrected chi connectivity index (χ3v) is 5.39. The number of carbonyl (C=O) groups is 2. The highest BCUT2D eigenvalue weighted by Gasteiger charge is 2.20. The molecule has 0 radical (unpaired) electrons. The van der Waals surface area contributed by atoms with Crippen LogP contribution in [0.3, 0.4) is 0 Å². The number of terminal acetylenes is 1. The van der Waals surface area contributed by atoms with Crippen molar-refractivity contribution in [1.82, 2.24) is 5.32 Å². The molecule has 7 heteroatoms. The Bertz CT molecular complexity index is 1490. The van der Waals surface area contributed by atoms with Gasteiger partial charge in [0, 0.05) is 46.8 Å². The lowest BCUT2D eigenvalue weighted by Crippen LogP contribution is -2.23. The summed E-state index contributed by atoms with van der Waals surface area (Å²) in [5.74, 6) is 0.597. The van der Waals surface area contributed by atoms with Crippen molar-refractivity contribution in [3.63, 3.8) is 0 Å². The van der Waals surface area contributed by atoms with Gasteiger partial charge in [-0.25, -0.2) is 0 Å². The van der Waals surface area contributed by atoms with Gasteiger partial charge in [0.1, 0.15) is 11.3 Å². The third-order valence-electron chi connectivity index (χ3n) is 5.39. The molecule has 0 bridgehead atoms. The maximum Gasteiger partial charge on any atom is 0.235 e. The van der Waals surface area contributed by atoms with Crippen molar-refractivity contribution >= 4 is 29.4 Å². The summed E-state index contributed by atoms with van der Waals surface area (Å²) < 4.78 is 6.23. The van der Waals surface area contributed by atoms with Crippen LogP contribution in [0, 0.1) is 17.8 Å². The highest BCUT2D eigenvalue weighted by molar-refractivity contribution is 6.12. The second kappa shape index (κ2) is 11.1. The molecule has 2 N–H and O–H groups in total. The Hall–Kier alpha value is -4.54. The lowest BCUT2D eigenvalue weighted by Gasteiger charge is -2.19. The number of Topliss-reactive ketones (excluding diaryl/α,β-unsaturated/α-hetero) is 1. The molecule has 0 atom stereocenters. The maximum absolute atomic E-state index is 12.1. The molecular formula is C28H24N3O4-. The van der Waals surface area contributed by atoms with Crippen molar-refractivity contribution in [2.45, 2.75) is 13.5 Å². The smallest absolute Gasteiger partial charge is 0.235 e. The highest BCUT2D eigenvalue weighted by Crippen LogP contribution is 2.41. The minimum atomic E-state index is -1.40. The van der Waals surface area contributed by atoms with Gasteiger partial charge in [-0.3, -0.25) is 9.79 Å². The first-order chi connectivity index (χ1) is 17.0. The number of carboxylic acids is 1. The Morgan fingerprint density at radius 1 is 1.11 bits per heavy atom. The van der Waals surface area contributed by atoms with Gasteiger partial charge in [0.05, 0.1) is 11.3 Å². The van der Waals surface area contributed by atoms with Crippen molar-refractivity contribution in [2.24, 2.45) is 4.99 Å². The Morgan fingerprint density at radius 3 is 2.51 bits per heavy atom. The Kier molecular flexibility index (Phi) is 7.92. The molecule has 7 nitrogen and oxygen atoms in total. The zero-order valence-electron chi connectivity index (χ0n) is 19.5. The van der Waals surface area contributed by atoms with E-state index in [0.717, 1.165) is 21.9 Å². The topological polar surface area (TPSA) is 119 Å². The van der Waals surface area contributed by atoms with Gasteiger partial charge >= 0.3 is 0 Å². The molecule has 0 saturated heterocycles. The summed E-state index contributed by atoms with van der Waals surface area (Å²) in [5.41, 5.74) is 3.43. The monoisotopic (exact) mass is 466 g/mol. The van der Waals surface area contributed by atoms with Crippen molar-refractivity contribution in [1.29, 1.82) is 5.41 Å². The maximum atomic E-state index is 12.1. The van der Waals surface area contributed by atoms with E-state index in [1.807, 2.05) is 56.3 Å². The summed E-state index contributed by atoms with van der Waals surface area (Å²) in [4.78, 5) is 28.5. The van der Waals surface area contributed by atoms with Crippen LogP contribution in [0.4, 0.5) is 0 Å². The fourth-order valence-corrected chi connectivity index (χ4v) is 3.96. The van der Waals surface area contributed by atoms with E-state index in [0.29, 0.717) is 35.6 Å². The molecule has 0 unspecified atom stereocenters. The number of ketones is 1. The van der Waals surface area contributed by atoms with Gasteiger partial charge in [0.25, 0.3) is 0 Å². The zero-order valence-corrected chi connectivity index (χ0v) is 19.5. The Morgan fingerprint density at radius 2 is 1.86 bits per heavy atom. The van der Waals surface area contributed by atoms with E-state index in [1.54, 1.807) is 6.07 Å². The molecule has 0 amide bonds. The van der Waals surface area contributed by atoms with Gasteiger partial charge in [0.15, 0.2) is 0 Å². The molecule has 2 aliphatic rings. The van der Waals surface area contributed by atoms with Crippen LogP contribution in [0.5, 0.6) is 0 Å². The first-order valence-corrected chi connectivity index (χ1v) is 10.8. The number of carboxylic acid groups (broad SMARTS) is 1. The summed E-state index contributed by atoms with van der Waals surface area (Å²) in [6, 6.07) is 15.7. The average molecular weight is 467 g/mol. The predicted octanol–water partition coefficient (Wildman–Crippen LogP) is 3.29. The minimum absolute atomic E-state index is 0.119. The van der Waals surface area contributed by atoms with E-state index in [2.05, 4.69) is 17.0 Å². The molecular weight excluding hydrogens is 442 g/mol.